The van der Waals surface area contributed by atoms with Gasteiger partial charge in [0.25, 0.3) is 0 Å². The summed E-state index contributed by atoms with van der Waals surface area (Å²) in [4.78, 5) is 25.2. The molecule has 0 saturated heterocycles. The fourth-order valence-corrected chi connectivity index (χ4v) is 2.87. The number of halogens is 1. The fraction of sp³-hybridized carbons (Fsp3) is 0.263. The highest BCUT2D eigenvalue weighted by Gasteiger charge is 2.56. The van der Waals surface area contributed by atoms with Crippen LogP contribution in [0, 0.1) is 19.3 Å². The minimum Gasteiger partial charge on any atom is -0.325 e. The van der Waals surface area contributed by atoms with Gasteiger partial charge in [-0.05, 0) is 50.5 Å². The van der Waals surface area contributed by atoms with Gasteiger partial charge in [-0.1, -0.05) is 41.4 Å². The lowest BCUT2D eigenvalue weighted by Crippen LogP contribution is -2.35. The second-order valence-electron chi connectivity index (χ2n) is 6.29. The van der Waals surface area contributed by atoms with Gasteiger partial charge in [-0.3, -0.25) is 9.59 Å². The topological polar surface area (TPSA) is 58.2 Å². The number of nitrogens with one attached hydrogen (secondary N) is 2. The van der Waals surface area contributed by atoms with Crippen molar-refractivity contribution in [3.63, 3.8) is 0 Å². The molecule has 4 nitrogen and oxygen atoms in total. The van der Waals surface area contributed by atoms with E-state index in [1.165, 1.54) is 0 Å². The predicted molar refractivity (Wildman–Crippen MR) is 96.3 cm³/mol. The summed E-state index contributed by atoms with van der Waals surface area (Å²) in [6.45, 7) is 3.93. The summed E-state index contributed by atoms with van der Waals surface area (Å²) < 4.78 is 0. The zero-order valence-corrected chi connectivity index (χ0v) is 14.4. The second kappa shape index (κ2) is 6.29. The van der Waals surface area contributed by atoms with Gasteiger partial charge in [0.2, 0.25) is 11.8 Å². The van der Waals surface area contributed by atoms with Gasteiger partial charge in [0.15, 0.2) is 0 Å². The standard InChI is InChI=1S/C19H19ClN2O2/c1-12-7-8-15(13(2)11-12)21-17(23)19(9-10-19)18(24)22-16-6-4-3-5-14(16)20/h3-8,11H,9-10H2,1-2H3,(H,21,23)(H,22,24). The smallest absolute Gasteiger partial charge is 0.240 e. The maximum absolute atomic E-state index is 12.6. The normalized spacial score (nSPS) is 14.8. The Morgan fingerprint density at radius 1 is 0.958 bits per heavy atom. The van der Waals surface area contributed by atoms with Crippen molar-refractivity contribution in [1.29, 1.82) is 0 Å². The van der Waals surface area contributed by atoms with E-state index in [4.69, 9.17) is 11.6 Å². The van der Waals surface area contributed by atoms with Crippen molar-refractivity contribution in [2.45, 2.75) is 26.7 Å². The van der Waals surface area contributed by atoms with Gasteiger partial charge in [0, 0.05) is 5.69 Å². The molecule has 0 unspecified atom stereocenters. The van der Waals surface area contributed by atoms with Crippen LogP contribution in [0.4, 0.5) is 11.4 Å². The highest BCUT2D eigenvalue weighted by atomic mass is 35.5. The van der Waals surface area contributed by atoms with Crippen LogP contribution in [0.25, 0.3) is 0 Å². The van der Waals surface area contributed by atoms with Gasteiger partial charge in [-0.15, -0.1) is 0 Å². The number of hydrogen-bond acceptors (Lipinski definition) is 2. The molecule has 2 N–H and O–H groups in total. The summed E-state index contributed by atoms with van der Waals surface area (Å²) in [5.74, 6) is -0.572. The van der Waals surface area contributed by atoms with Crippen LogP contribution in [0.1, 0.15) is 24.0 Å². The highest BCUT2D eigenvalue weighted by Crippen LogP contribution is 2.48. The van der Waals surface area contributed by atoms with Crippen LogP contribution in [0.5, 0.6) is 0 Å². The Balaban J connectivity index is 1.74. The van der Waals surface area contributed by atoms with E-state index in [2.05, 4.69) is 10.6 Å². The van der Waals surface area contributed by atoms with Crippen molar-refractivity contribution >= 4 is 34.8 Å². The Labute approximate surface area is 146 Å². The Hall–Kier alpha value is -2.33. The van der Waals surface area contributed by atoms with Gasteiger partial charge in [0.1, 0.15) is 5.41 Å². The van der Waals surface area contributed by atoms with Gasteiger partial charge in [-0.25, -0.2) is 0 Å². The lowest BCUT2D eigenvalue weighted by Gasteiger charge is -2.17. The number of carbonyl (C=O) groups excluding carboxylic acids is 2. The highest BCUT2D eigenvalue weighted by molar-refractivity contribution is 6.34. The molecule has 3 rings (SSSR count). The van der Waals surface area contributed by atoms with Gasteiger partial charge < -0.3 is 10.6 Å². The molecule has 2 amide bonds. The number of anilines is 2. The van der Waals surface area contributed by atoms with E-state index in [9.17, 15) is 9.59 Å². The third-order valence-corrected chi connectivity index (χ3v) is 4.70. The zero-order valence-electron chi connectivity index (χ0n) is 13.7. The van der Waals surface area contributed by atoms with Gasteiger partial charge in [-0.2, -0.15) is 0 Å². The molecule has 0 heterocycles. The third kappa shape index (κ3) is 3.15. The molecule has 1 aliphatic carbocycles. The molecule has 0 spiro atoms. The first kappa shape index (κ1) is 16.5. The van der Waals surface area contributed by atoms with E-state index in [0.717, 1.165) is 16.8 Å². The van der Waals surface area contributed by atoms with Crippen LogP contribution in [0.15, 0.2) is 42.5 Å². The number of benzene rings is 2. The van der Waals surface area contributed by atoms with E-state index in [0.29, 0.717) is 23.6 Å². The molecule has 1 aliphatic rings. The molecule has 0 bridgehead atoms. The molecular formula is C19H19ClN2O2. The van der Waals surface area contributed by atoms with Crippen LogP contribution in [-0.4, -0.2) is 11.8 Å². The molecule has 0 radical (unpaired) electrons. The molecule has 24 heavy (non-hydrogen) atoms. The zero-order chi connectivity index (χ0) is 17.3. The van der Waals surface area contributed by atoms with E-state index in [1.807, 2.05) is 32.0 Å². The first-order valence-corrected chi connectivity index (χ1v) is 8.25. The lowest BCUT2D eigenvalue weighted by atomic mass is 10.0. The largest absolute Gasteiger partial charge is 0.325 e. The predicted octanol–water partition coefficient (Wildman–Crippen LogP) is 4.31. The van der Waals surface area contributed by atoms with E-state index >= 15 is 0 Å². The first-order valence-electron chi connectivity index (χ1n) is 7.87. The van der Waals surface area contributed by atoms with Crippen molar-refractivity contribution < 1.29 is 9.59 Å². The molecule has 1 fully saturated rings. The second-order valence-corrected chi connectivity index (χ2v) is 6.70. The van der Waals surface area contributed by atoms with Crippen LogP contribution in [-0.2, 0) is 9.59 Å². The summed E-state index contributed by atoms with van der Waals surface area (Å²) in [5, 5.41) is 6.12. The summed E-state index contributed by atoms with van der Waals surface area (Å²) in [5.41, 5.74) is 2.36. The minimum absolute atomic E-state index is 0.265. The number of rotatable bonds is 4. The first-order chi connectivity index (χ1) is 11.4. The molecule has 2 aromatic carbocycles. The van der Waals surface area contributed by atoms with Gasteiger partial charge >= 0.3 is 0 Å². The van der Waals surface area contributed by atoms with Crippen LogP contribution >= 0.6 is 11.6 Å². The Kier molecular flexibility index (Phi) is 4.33. The number of amides is 2. The third-order valence-electron chi connectivity index (χ3n) is 4.37. The van der Waals surface area contributed by atoms with Gasteiger partial charge in [0.05, 0.1) is 10.7 Å². The summed E-state index contributed by atoms with van der Waals surface area (Å²) in [7, 11) is 0. The molecule has 0 aromatic heterocycles. The molecule has 0 aliphatic heterocycles. The molecular weight excluding hydrogens is 324 g/mol. The Morgan fingerprint density at radius 3 is 2.17 bits per heavy atom. The number of para-hydroxylation sites is 1. The molecule has 1 saturated carbocycles. The van der Waals surface area contributed by atoms with Crippen molar-refractivity contribution in [3.8, 4) is 0 Å². The number of aryl methyl sites for hydroxylation is 2. The summed E-state index contributed by atoms with van der Waals surface area (Å²) in [6, 6.07) is 12.8. The number of hydrogen-bond donors (Lipinski definition) is 2. The van der Waals surface area contributed by atoms with Crippen molar-refractivity contribution in [3.05, 3.63) is 58.6 Å². The van der Waals surface area contributed by atoms with Crippen LogP contribution in [0.2, 0.25) is 5.02 Å². The minimum atomic E-state index is -1.00. The fourth-order valence-electron chi connectivity index (χ4n) is 2.68. The molecule has 124 valence electrons. The number of carbonyl (C=O) groups is 2. The quantitative estimate of drug-likeness (QED) is 0.813. The van der Waals surface area contributed by atoms with Crippen molar-refractivity contribution in [2.24, 2.45) is 5.41 Å². The lowest BCUT2D eigenvalue weighted by molar-refractivity contribution is -0.131. The van der Waals surface area contributed by atoms with Crippen LogP contribution in [0.3, 0.4) is 0 Å². The summed E-state index contributed by atoms with van der Waals surface area (Å²) in [6.07, 6.45) is 1.08. The average Bonchev–Trinajstić information content (AvgIpc) is 3.34. The Bertz CT molecular complexity index is 813. The molecule has 2 aromatic rings. The maximum atomic E-state index is 12.6. The monoisotopic (exact) mass is 342 g/mol. The van der Waals surface area contributed by atoms with E-state index in [1.54, 1.807) is 24.3 Å². The van der Waals surface area contributed by atoms with Crippen molar-refractivity contribution in [1.82, 2.24) is 0 Å². The summed E-state index contributed by atoms with van der Waals surface area (Å²) >= 11 is 6.07. The molecule has 0 atom stereocenters. The van der Waals surface area contributed by atoms with Crippen LogP contribution < -0.4 is 10.6 Å². The Morgan fingerprint density at radius 2 is 1.58 bits per heavy atom. The SMILES string of the molecule is Cc1ccc(NC(=O)C2(C(=O)Nc3ccccc3Cl)CC2)c(C)c1. The maximum Gasteiger partial charge on any atom is 0.240 e. The van der Waals surface area contributed by atoms with E-state index < -0.39 is 5.41 Å². The average molecular weight is 343 g/mol. The molecule has 5 heteroatoms. The van der Waals surface area contributed by atoms with Crippen molar-refractivity contribution in [2.75, 3.05) is 10.6 Å². The van der Waals surface area contributed by atoms with E-state index in [-0.39, 0.29) is 11.8 Å².